The van der Waals surface area contributed by atoms with Gasteiger partial charge in [0.25, 0.3) is 0 Å². The molecule has 0 bridgehead atoms. The summed E-state index contributed by atoms with van der Waals surface area (Å²) in [6.07, 6.45) is 9.03. The molecule has 0 radical (unpaired) electrons. The van der Waals surface area contributed by atoms with Crippen LogP contribution in [0.2, 0.25) is 0 Å². The van der Waals surface area contributed by atoms with Gasteiger partial charge in [0.1, 0.15) is 26.2 Å². The third kappa shape index (κ3) is 4.18. The molecule has 1 saturated heterocycles. The number of piperazine rings is 1. The summed E-state index contributed by atoms with van der Waals surface area (Å²) in [5, 5.41) is 0. The van der Waals surface area contributed by atoms with Crippen molar-refractivity contribution in [2.24, 2.45) is 5.92 Å². The normalized spacial score (nSPS) is 33.6. The second-order valence-corrected chi connectivity index (χ2v) is 7.04. The van der Waals surface area contributed by atoms with Gasteiger partial charge in [-0.15, -0.1) is 0 Å². The van der Waals surface area contributed by atoms with Crippen molar-refractivity contribution in [2.75, 3.05) is 32.7 Å². The summed E-state index contributed by atoms with van der Waals surface area (Å²) in [6.45, 7) is 9.06. The molecule has 2 heteroatoms. The molecule has 0 aromatic heterocycles. The highest BCUT2D eigenvalue weighted by Gasteiger charge is 2.33. The summed E-state index contributed by atoms with van der Waals surface area (Å²) in [7, 11) is 0. The Labute approximate surface area is 129 Å². The van der Waals surface area contributed by atoms with E-state index in [0.717, 1.165) is 12.0 Å². The minimum absolute atomic E-state index is 0.974. The van der Waals surface area contributed by atoms with Crippen molar-refractivity contribution in [3.63, 3.8) is 0 Å². The molecule has 1 heterocycles. The average Bonchev–Trinajstić information content (AvgIpc) is 2.96. The number of nitrogens with one attached hydrogen (secondary N) is 2. The van der Waals surface area contributed by atoms with Gasteiger partial charge in [-0.05, 0) is 30.4 Å². The lowest BCUT2D eigenvalue weighted by Gasteiger charge is -2.32. The van der Waals surface area contributed by atoms with Gasteiger partial charge in [0.05, 0.1) is 12.6 Å². The van der Waals surface area contributed by atoms with Crippen LogP contribution >= 0.6 is 0 Å². The Hall–Kier alpha value is -1.12. The Morgan fingerprint density at radius 2 is 1.81 bits per heavy atom. The Bertz CT molecular complexity index is 446. The largest absolute Gasteiger partial charge is 0.323 e. The molecule has 2 aliphatic rings. The second-order valence-electron chi connectivity index (χ2n) is 7.04. The van der Waals surface area contributed by atoms with Crippen molar-refractivity contribution >= 4 is 6.08 Å². The van der Waals surface area contributed by atoms with Crippen LogP contribution < -0.4 is 9.80 Å². The Kier molecular flexibility index (Phi) is 5.10. The molecule has 1 aliphatic carbocycles. The van der Waals surface area contributed by atoms with E-state index in [2.05, 4.69) is 49.4 Å². The van der Waals surface area contributed by atoms with Crippen LogP contribution in [0.25, 0.3) is 6.08 Å². The molecule has 1 saturated carbocycles. The van der Waals surface area contributed by atoms with Crippen molar-refractivity contribution in [1.29, 1.82) is 0 Å². The molecule has 1 aliphatic heterocycles. The van der Waals surface area contributed by atoms with Crippen molar-refractivity contribution in [1.82, 2.24) is 0 Å². The first-order valence-electron chi connectivity index (χ1n) is 8.71. The van der Waals surface area contributed by atoms with Gasteiger partial charge in [0.15, 0.2) is 0 Å². The van der Waals surface area contributed by atoms with Crippen molar-refractivity contribution in [3.8, 4) is 0 Å². The number of rotatable bonds is 4. The Morgan fingerprint density at radius 1 is 1.05 bits per heavy atom. The summed E-state index contributed by atoms with van der Waals surface area (Å²) in [4.78, 5) is 3.66. The van der Waals surface area contributed by atoms with Gasteiger partial charge < -0.3 is 9.80 Å². The minimum atomic E-state index is 0.974. The monoisotopic (exact) mass is 286 g/mol. The molecule has 0 unspecified atom stereocenters. The topological polar surface area (TPSA) is 8.88 Å². The first-order chi connectivity index (χ1) is 10.3. The van der Waals surface area contributed by atoms with Gasteiger partial charge in [-0.25, -0.2) is 0 Å². The maximum Gasteiger partial charge on any atom is 0.127 e. The smallest absolute Gasteiger partial charge is 0.127 e. The predicted octanol–water partition coefficient (Wildman–Crippen LogP) is 0.672. The Morgan fingerprint density at radius 3 is 2.48 bits per heavy atom. The first-order valence-corrected chi connectivity index (χ1v) is 8.71. The van der Waals surface area contributed by atoms with Gasteiger partial charge >= 0.3 is 0 Å². The van der Waals surface area contributed by atoms with E-state index >= 15 is 0 Å². The molecule has 114 valence electrons. The molecule has 2 N–H and O–H groups in total. The zero-order chi connectivity index (χ0) is 14.5. The maximum absolute atomic E-state index is 2.43. The summed E-state index contributed by atoms with van der Waals surface area (Å²) >= 11 is 0. The summed E-state index contributed by atoms with van der Waals surface area (Å²) in [5.74, 6) is 0.974. The SMILES string of the molecule is C[C@@H]1CC[C@@H]([NH+]2CC[NH+](C/C=C/c3ccccc3)CC2)C1. The van der Waals surface area contributed by atoms with Gasteiger partial charge in [-0.1, -0.05) is 43.3 Å². The zero-order valence-electron chi connectivity index (χ0n) is 13.4. The quantitative estimate of drug-likeness (QED) is 0.805. The highest BCUT2D eigenvalue weighted by Crippen LogP contribution is 2.22. The van der Waals surface area contributed by atoms with Crippen LogP contribution in [-0.2, 0) is 0 Å². The lowest BCUT2D eigenvalue weighted by molar-refractivity contribution is -1.02. The van der Waals surface area contributed by atoms with E-state index in [4.69, 9.17) is 0 Å². The predicted molar refractivity (Wildman–Crippen MR) is 88.5 cm³/mol. The maximum atomic E-state index is 2.43. The molecule has 1 aromatic carbocycles. The van der Waals surface area contributed by atoms with E-state index in [1.807, 2.05) is 4.90 Å². The van der Waals surface area contributed by atoms with E-state index in [0.29, 0.717) is 0 Å². The third-order valence-corrected chi connectivity index (χ3v) is 5.39. The molecule has 2 atom stereocenters. The number of quaternary nitrogens is 2. The fourth-order valence-electron chi connectivity index (χ4n) is 4.04. The lowest BCUT2D eigenvalue weighted by Crippen LogP contribution is -3.29. The molecular weight excluding hydrogens is 256 g/mol. The van der Waals surface area contributed by atoms with E-state index < -0.39 is 0 Å². The molecule has 2 nitrogen and oxygen atoms in total. The fourth-order valence-corrected chi connectivity index (χ4v) is 4.04. The first kappa shape index (κ1) is 14.8. The summed E-state index contributed by atoms with van der Waals surface area (Å²) in [6, 6.07) is 11.6. The number of benzene rings is 1. The molecule has 1 aromatic rings. The van der Waals surface area contributed by atoms with E-state index in [1.165, 1.54) is 57.5 Å². The van der Waals surface area contributed by atoms with E-state index in [9.17, 15) is 0 Å². The summed E-state index contributed by atoms with van der Waals surface area (Å²) in [5.41, 5.74) is 1.32. The van der Waals surface area contributed by atoms with Crippen LogP contribution in [0, 0.1) is 5.92 Å². The Balaban J connectivity index is 1.41. The van der Waals surface area contributed by atoms with Crippen LogP contribution in [0.15, 0.2) is 36.4 Å². The number of hydrogen-bond acceptors (Lipinski definition) is 0. The molecular formula is C19H30N2+2. The van der Waals surface area contributed by atoms with Crippen LogP contribution in [0.4, 0.5) is 0 Å². The average molecular weight is 286 g/mol. The van der Waals surface area contributed by atoms with Crippen LogP contribution in [0.1, 0.15) is 31.7 Å². The van der Waals surface area contributed by atoms with E-state index in [-0.39, 0.29) is 0 Å². The van der Waals surface area contributed by atoms with Crippen molar-refractivity contribution in [2.45, 2.75) is 32.2 Å². The van der Waals surface area contributed by atoms with Crippen molar-refractivity contribution in [3.05, 3.63) is 42.0 Å². The zero-order valence-corrected chi connectivity index (χ0v) is 13.4. The molecule has 21 heavy (non-hydrogen) atoms. The van der Waals surface area contributed by atoms with Gasteiger partial charge in [0, 0.05) is 6.42 Å². The minimum Gasteiger partial charge on any atom is -0.323 e. The fraction of sp³-hybridized carbons (Fsp3) is 0.579. The molecule has 0 spiro atoms. The van der Waals surface area contributed by atoms with Crippen LogP contribution in [0.3, 0.4) is 0 Å². The number of hydrogen-bond donors (Lipinski definition) is 2. The third-order valence-electron chi connectivity index (χ3n) is 5.39. The lowest BCUT2D eigenvalue weighted by atomic mass is 10.1. The van der Waals surface area contributed by atoms with Crippen molar-refractivity contribution < 1.29 is 9.80 Å². The summed E-state index contributed by atoms with van der Waals surface area (Å²) < 4.78 is 0. The standard InChI is InChI=1S/C19H28N2/c1-17-9-10-19(16-17)21-14-12-20(13-15-21)11-5-8-18-6-3-2-4-7-18/h2-8,17,19H,9-16H2,1H3/p+2/b8-5+/t17-,19-/m1/s1. The van der Waals surface area contributed by atoms with E-state index in [1.54, 1.807) is 4.90 Å². The van der Waals surface area contributed by atoms with Gasteiger partial charge in [-0.2, -0.15) is 0 Å². The van der Waals surface area contributed by atoms with Gasteiger partial charge in [-0.3, -0.25) is 0 Å². The second kappa shape index (κ2) is 7.24. The molecule has 3 rings (SSSR count). The van der Waals surface area contributed by atoms with Crippen LogP contribution in [0.5, 0.6) is 0 Å². The van der Waals surface area contributed by atoms with Gasteiger partial charge in [0.2, 0.25) is 0 Å². The molecule has 2 fully saturated rings. The van der Waals surface area contributed by atoms with Crippen LogP contribution in [-0.4, -0.2) is 38.8 Å². The highest BCUT2D eigenvalue weighted by atomic mass is 15.3. The highest BCUT2D eigenvalue weighted by molar-refractivity contribution is 5.48. The molecule has 0 amide bonds.